The fraction of sp³-hybridized carbons (Fsp3) is 0.333. The first-order valence-electron chi connectivity index (χ1n) is 5.38. The lowest BCUT2D eigenvalue weighted by Gasteiger charge is -1.99. The molecule has 2 aromatic rings. The Morgan fingerprint density at radius 3 is 2.81 bits per heavy atom. The van der Waals surface area contributed by atoms with Crippen LogP contribution >= 0.6 is 11.6 Å². The van der Waals surface area contributed by atoms with Crippen molar-refractivity contribution in [2.24, 2.45) is 0 Å². The molecule has 0 unspecified atom stereocenters. The van der Waals surface area contributed by atoms with Gasteiger partial charge in [0.05, 0.1) is 0 Å². The van der Waals surface area contributed by atoms with Gasteiger partial charge in [-0.05, 0) is 37.1 Å². The lowest BCUT2D eigenvalue weighted by Crippen LogP contribution is -1.86. The average Bonchev–Trinajstić information content (AvgIpc) is 2.65. The maximum atomic E-state index is 6.00. The number of H-pyrrole nitrogens is 1. The maximum absolute atomic E-state index is 6.00. The molecule has 1 aromatic carbocycles. The van der Waals surface area contributed by atoms with Gasteiger partial charge >= 0.3 is 0 Å². The van der Waals surface area contributed by atoms with E-state index in [0.29, 0.717) is 5.82 Å². The molecule has 0 aliphatic heterocycles. The minimum atomic E-state index is 0.717. The highest BCUT2D eigenvalue weighted by Crippen LogP contribution is 2.21. The van der Waals surface area contributed by atoms with Crippen LogP contribution in [0.25, 0.3) is 11.4 Å². The lowest BCUT2D eigenvalue weighted by atomic mass is 10.1. The van der Waals surface area contributed by atoms with Crippen molar-refractivity contribution >= 4 is 11.6 Å². The smallest absolute Gasteiger partial charge is 0.181 e. The Morgan fingerprint density at radius 2 is 2.12 bits per heavy atom. The quantitative estimate of drug-likeness (QED) is 0.886. The molecular formula is C12H14ClN3. The minimum Gasteiger partial charge on any atom is -0.263 e. The number of aryl methyl sites for hydroxylation is 2. The van der Waals surface area contributed by atoms with Crippen LogP contribution in [0.3, 0.4) is 0 Å². The van der Waals surface area contributed by atoms with Gasteiger partial charge in [0, 0.05) is 17.0 Å². The van der Waals surface area contributed by atoms with Crippen molar-refractivity contribution < 1.29 is 0 Å². The Labute approximate surface area is 99.9 Å². The average molecular weight is 236 g/mol. The molecule has 0 aliphatic rings. The molecule has 0 radical (unpaired) electrons. The van der Waals surface area contributed by atoms with Crippen LogP contribution in [-0.4, -0.2) is 15.2 Å². The second kappa shape index (κ2) is 4.66. The maximum Gasteiger partial charge on any atom is 0.181 e. The van der Waals surface area contributed by atoms with E-state index in [0.717, 1.165) is 34.8 Å². The molecule has 0 atom stereocenters. The van der Waals surface area contributed by atoms with Gasteiger partial charge in [-0.1, -0.05) is 18.5 Å². The third kappa shape index (κ3) is 2.42. The van der Waals surface area contributed by atoms with Crippen LogP contribution in [0, 0.1) is 6.92 Å². The molecule has 0 aliphatic carbocycles. The summed E-state index contributed by atoms with van der Waals surface area (Å²) in [5.74, 6) is 1.64. The number of hydrogen-bond donors (Lipinski definition) is 1. The highest BCUT2D eigenvalue weighted by molar-refractivity contribution is 6.30. The van der Waals surface area contributed by atoms with E-state index in [1.54, 1.807) is 0 Å². The zero-order valence-electron chi connectivity index (χ0n) is 9.42. The van der Waals surface area contributed by atoms with Crippen molar-refractivity contribution in [3.63, 3.8) is 0 Å². The molecule has 1 heterocycles. The Kier molecular flexibility index (Phi) is 3.25. The molecule has 1 N–H and O–H groups in total. The first-order chi connectivity index (χ1) is 7.69. The summed E-state index contributed by atoms with van der Waals surface area (Å²) in [6, 6.07) is 5.84. The second-order valence-corrected chi connectivity index (χ2v) is 4.31. The molecule has 4 heteroatoms. The van der Waals surface area contributed by atoms with Crippen LogP contribution in [-0.2, 0) is 6.42 Å². The Balaban J connectivity index is 2.34. The van der Waals surface area contributed by atoms with Gasteiger partial charge in [0.15, 0.2) is 5.82 Å². The van der Waals surface area contributed by atoms with Gasteiger partial charge in [0.2, 0.25) is 0 Å². The molecule has 0 fully saturated rings. The van der Waals surface area contributed by atoms with Gasteiger partial charge in [0.25, 0.3) is 0 Å². The summed E-state index contributed by atoms with van der Waals surface area (Å²) in [7, 11) is 0. The molecule has 3 nitrogen and oxygen atoms in total. The van der Waals surface area contributed by atoms with Crippen LogP contribution in [0.5, 0.6) is 0 Å². The highest BCUT2D eigenvalue weighted by Gasteiger charge is 2.06. The van der Waals surface area contributed by atoms with Gasteiger partial charge < -0.3 is 0 Å². The third-order valence-corrected chi connectivity index (χ3v) is 2.54. The van der Waals surface area contributed by atoms with Gasteiger partial charge in [-0.3, -0.25) is 5.10 Å². The number of hydrogen-bond acceptors (Lipinski definition) is 2. The summed E-state index contributed by atoms with van der Waals surface area (Å²) in [4.78, 5) is 4.43. The second-order valence-electron chi connectivity index (χ2n) is 3.87. The normalized spacial score (nSPS) is 10.7. The topological polar surface area (TPSA) is 41.6 Å². The summed E-state index contributed by atoms with van der Waals surface area (Å²) in [5, 5.41) is 7.85. The molecule has 0 bridgehead atoms. The number of aromatic nitrogens is 3. The van der Waals surface area contributed by atoms with E-state index in [2.05, 4.69) is 22.1 Å². The summed E-state index contributed by atoms with van der Waals surface area (Å²) in [5.41, 5.74) is 2.08. The molecule has 2 rings (SSSR count). The fourth-order valence-electron chi connectivity index (χ4n) is 1.64. The number of nitrogens with one attached hydrogen (secondary N) is 1. The van der Waals surface area contributed by atoms with E-state index in [-0.39, 0.29) is 0 Å². The standard InChI is InChI=1S/C12H14ClN3/c1-3-4-11-14-12(16-15-11)9-5-8(2)6-10(13)7-9/h5-7H,3-4H2,1-2H3,(H,14,15,16). The first-order valence-corrected chi connectivity index (χ1v) is 5.75. The van der Waals surface area contributed by atoms with Crippen molar-refractivity contribution in [1.29, 1.82) is 0 Å². The monoisotopic (exact) mass is 235 g/mol. The van der Waals surface area contributed by atoms with Crippen molar-refractivity contribution in [3.8, 4) is 11.4 Å². The molecule has 0 amide bonds. The zero-order valence-corrected chi connectivity index (χ0v) is 10.2. The van der Waals surface area contributed by atoms with E-state index in [4.69, 9.17) is 11.6 Å². The van der Waals surface area contributed by atoms with Crippen molar-refractivity contribution in [2.75, 3.05) is 0 Å². The minimum absolute atomic E-state index is 0.717. The lowest BCUT2D eigenvalue weighted by molar-refractivity contribution is 0.841. The predicted octanol–water partition coefficient (Wildman–Crippen LogP) is 3.39. The van der Waals surface area contributed by atoms with Gasteiger partial charge in [-0.25, -0.2) is 4.98 Å². The van der Waals surface area contributed by atoms with Crippen molar-refractivity contribution in [2.45, 2.75) is 26.7 Å². The molecular weight excluding hydrogens is 222 g/mol. The number of nitrogens with zero attached hydrogens (tertiary/aromatic N) is 2. The third-order valence-electron chi connectivity index (χ3n) is 2.32. The van der Waals surface area contributed by atoms with E-state index in [1.165, 1.54) is 0 Å². The van der Waals surface area contributed by atoms with E-state index in [1.807, 2.05) is 25.1 Å². The highest BCUT2D eigenvalue weighted by atomic mass is 35.5. The number of benzene rings is 1. The summed E-state index contributed by atoms with van der Waals surface area (Å²) in [6.45, 7) is 4.13. The van der Waals surface area contributed by atoms with Crippen molar-refractivity contribution in [3.05, 3.63) is 34.6 Å². The van der Waals surface area contributed by atoms with Crippen LogP contribution in [0.15, 0.2) is 18.2 Å². The van der Waals surface area contributed by atoms with Crippen LogP contribution in [0.1, 0.15) is 24.7 Å². The van der Waals surface area contributed by atoms with Crippen LogP contribution in [0.4, 0.5) is 0 Å². The molecule has 0 saturated heterocycles. The SMILES string of the molecule is CCCc1nc(-c2cc(C)cc(Cl)c2)n[nH]1. The van der Waals surface area contributed by atoms with Gasteiger partial charge in [-0.2, -0.15) is 5.10 Å². The Hall–Kier alpha value is -1.35. The van der Waals surface area contributed by atoms with E-state index >= 15 is 0 Å². The number of rotatable bonds is 3. The summed E-state index contributed by atoms with van der Waals surface area (Å²) < 4.78 is 0. The summed E-state index contributed by atoms with van der Waals surface area (Å²) in [6.07, 6.45) is 1.98. The van der Waals surface area contributed by atoms with E-state index in [9.17, 15) is 0 Å². The molecule has 0 spiro atoms. The number of halogens is 1. The van der Waals surface area contributed by atoms with E-state index < -0.39 is 0 Å². The van der Waals surface area contributed by atoms with Gasteiger partial charge in [0.1, 0.15) is 5.82 Å². The first kappa shape index (κ1) is 11.1. The van der Waals surface area contributed by atoms with Crippen molar-refractivity contribution in [1.82, 2.24) is 15.2 Å². The van der Waals surface area contributed by atoms with Crippen LogP contribution in [0.2, 0.25) is 5.02 Å². The van der Waals surface area contributed by atoms with Crippen LogP contribution < -0.4 is 0 Å². The largest absolute Gasteiger partial charge is 0.263 e. The Morgan fingerprint density at radius 1 is 1.31 bits per heavy atom. The molecule has 0 saturated carbocycles. The predicted molar refractivity (Wildman–Crippen MR) is 65.6 cm³/mol. The molecule has 16 heavy (non-hydrogen) atoms. The Bertz CT molecular complexity index is 471. The number of aromatic amines is 1. The fourth-order valence-corrected chi connectivity index (χ4v) is 1.93. The van der Waals surface area contributed by atoms with Gasteiger partial charge in [-0.15, -0.1) is 0 Å². The molecule has 84 valence electrons. The zero-order chi connectivity index (χ0) is 11.5. The molecule has 1 aromatic heterocycles. The summed E-state index contributed by atoms with van der Waals surface area (Å²) >= 11 is 6.00.